The lowest BCUT2D eigenvalue weighted by Gasteiger charge is -2.35. The lowest BCUT2D eigenvalue weighted by molar-refractivity contribution is -0.144. The molecule has 0 bridgehead atoms. The van der Waals surface area contributed by atoms with Crippen LogP contribution in [0.4, 0.5) is 10.1 Å². The van der Waals surface area contributed by atoms with Crippen molar-refractivity contribution >= 4 is 11.7 Å². The SMILES string of the molecule is CCOC(=O)CN1CCN(c2ccccc2F)CC1. The van der Waals surface area contributed by atoms with Crippen LogP contribution < -0.4 is 4.90 Å². The number of carbonyl (C=O) groups excluding carboxylic acids is 1. The molecule has 1 aliphatic rings. The Kier molecular flexibility index (Phi) is 4.74. The summed E-state index contributed by atoms with van der Waals surface area (Å²) in [6.45, 7) is 5.46. The third-order valence-corrected chi connectivity index (χ3v) is 3.22. The molecule has 0 aromatic heterocycles. The first-order valence-corrected chi connectivity index (χ1v) is 6.58. The van der Waals surface area contributed by atoms with E-state index in [2.05, 4.69) is 0 Å². The molecule has 0 unspecified atom stereocenters. The van der Waals surface area contributed by atoms with Gasteiger partial charge in [-0.05, 0) is 19.1 Å². The fourth-order valence-electron chi connectivity index (χ4n) is 2.24. The number of hydrogen-bond donors (Lipinski definition) is 0. The predicted molar refractivity (Wildman–Crippen MR) is 71.7 cm³/mol. The molecule has 0 spiro atoms. The van der Waals surface area contributed by atoms with Crippen LogP contribution in [0.25, 0.3) is 0 Å². The van der Waals surface area contributed by atoms with Crippen LogP contribution in [0, 0.1) is 5.82 Å². The maximum Gasteiger partial charge on any atom is 0.320 e. The Morgan fingerprint density at radius 2 is 1.95 bits per heavy atom. The largest absolute Gasteiger partial charge is 0.465 e. The van der Waals surface area contributed by atoms with Crippen LogP contribution in [-0.4, -0.2) is 50.2 Å². The lowest BCUT2D eigenvalue weighted by atomic mass is 10.2. The molecule has 0 amide bonds. The van der Waals surface area contributed by atoms with E-state index in [1.165, 1.54) is 6.07 Å². The van der Waals surface area contributed by atoms with Gasteiger partial charge < -0.3 is 9.64 Å². The Morgan fingerprint density at radius 3 is 2.58 bits per heavy atom. The number of esters is 1. The van der Waals surface area contributed by atoms with Crippen LogP contribution in [0.1, 0.15) is 6.92 Å². The summed E-state index contributed by atoms with van der Waals surface area (Å²) in [7, 11) is 0. The molecule has 0 aliphatic carbocycles. The van der Waals surface area contributed by atoms with Crippen LogP contribution in [0.2, 0.25) is 0 Å². The van der Waals surface area contributed by atoms with Crippen LogP contribution in [0.5, 0.6) is 0 Å². The van der Waals surface area contributed by atoms with Crippen LogP contribution in [-0.2, 0) is 9.53 Å². The van der Waals surface area contributed by atoms with Crippen molar-refractivity contribution in [2.45, 2.75) is 6.92 Å². The maximum absolute atomic E-state index is 13.7. The van der Waals surface area contributed by atoms with Gasteiger partial charge in [0.1, 0.15) is 5.82 Å². The quantitative estimate of drug-likeness (QED) is 0.773. The van der Waals surface area contributed by atoms with Gasteiger partial charge in [0.2, 0.25) is 0 Å². The van der Waals surface area contributed by atoms with E-state index in [0.29, 0.717) is 18.8 Å². The van der Waals surface area contributed by atoms with Gasteiger partial charge in [0.15, 0.2) is 0 Å². The van der Waals surface area contributed by atoms with Gasteiger partial charge in [-0.3, -0.25) is 9.69 Å². The molecule has 1 fully saturated rings. The van der Waals surface area contributed by atoms with Crippen molar-refractivity contribution in [1.29, 1.82) is 0 Å². The third-order valence-electron chi connectivity index (χ3n) is 3.22. The molecule has 5 heteroatoms. The highest BCUT2D eigenvalue weighted by Gasteiger charge is 2.20. The summed E-state index contributed by atoms with van der Waals surface area (Å²) in [6, 6.07) is 6.79. The first kappa shape index (κ1) is 13.8. The lowest BCUT2D eigenvalue weighted by Crippen LogP contribution is -2.48. The molecule has 104 valence electrons. The molecule has 0 radical (unpaired) electrons. The van der Waals surface area contributed by atoms with Crippen LogP contribution in [0.15, 0.2) is 24.3 Å². The fraction of sp³-hybridized carbons (Fsp3) is 0.500. The molecule has 1 aromatic rings. The van der Waals surface area contributed by atoms with Gasteiger partial charge in [0.25, 0.3) is 0 Å². The summed E-state index contributed by atoms with van der Waals surface area (Å²) in [5.41, 5.74) is 0.637. The van der Waals surface area contributed by atoms with Crippen molar-refractivity contribution in [2.24, 2.45) is 0 Å². The zero-order valence-corrected chi connectivity index (χ0v) is 11.1. The molecular weight excluding hydrogens is 247 g/mol. The molecule has 1 heterocycles. The molecule has 1 aliphatic heterocycles. The topological polar surface area (TPSA) is 32.8 Å². The zero-order chi connectivity index (χ0) is 13.7. The highest BCUT2D eigenvalue weighted by Crippen LogP contribution is 2.19. The number of halogens is 1. The molecule has 1 saturated heterocycles. The average molecular weight is 266 g/mol. The summed E-state index contributed by atoms with van der Waals surface area (Å²) in [6.07, 6.45) is 0. The van der Waals surface area contributed by atoms with E-state index in [1.54, 1.807) is 19.1 Å². The molecule has 1 aromatic carbocycles. The molecule has 0 N–H and O–H groups in total. The number of ether oxygens (including phenoxy) is 1. The Hall–Kier alpha value is -1.62. The van der Waals surface area contributed by atoms with Crippen molar-refractivity contribution in [3.63, 3.8) is 0 Å². The average Bonchev–Trinajstić information content (AvgIpc) is 2.41. The number of rotatable bonds is 4. The van der Waals surface area contributed by atoms with Gasteiger partial charge in [0, 0.05) is 26.2 Å². The van der Waals surface area contributed by atoms with Crippen molar-refractivity contribution in [3.8, 4) is 0 Å². The Bertz CT molecular complexity index is 431. The summed E-state index contributed by atoms with van der Waals surface area (Å²) in [5, 5.41) is 0. The fourth-order valence-corrected chi connectivity index (χ4v) is 2.24. The maximum atomic E-state index is 13.7. The summed E-state index contributed by atoms with van der Waals surface area (Å²) in [5.74, 6) is -0.386. The molecule has 2 rings (SSSR count). The van der Waals surface area contributed by atoms with Gasteiger partial charge in [0.05, 0.1) is 18.8 Å². The van der Waals surface area contributed by atoms with Gasteiger partial charge in [-0.25, -0.2) is 4.39 Å². The van der Waals surface area contributed by atoms with Gasteiger partial charge in [-0.2, -0.15) is 0 Å². The number of hydrogen-bond acceptors (Lipinski definition) is 4. The predicted octanol–water partition coefficient (Wildman–Crippen LogP) is 1.51. The van der Waals surface area contributed by atoms with Crippen LogP contribution in [0.3, 0.4) is 0 Å². The van der Waals surface area contributed by atoms with E-state index in [0.717, 1.165) is 26.2 Å². The number of piperazine rings is 1. The molecule has 0 atom stereocenters. The minimum atomic E-state index is -0.193. The van der Waals surface area contributed by atoms with E-state index >= 15 is 0 Å². The van der Waals surface area contributed by atoms with E-state index in [9.17, 15) is 9.18 Å². The monoisotopic (exact) mass is 266 g/mol. The van der Waals surface area contributed by atoms with E-state index in [4.69, 9.17) is 4.74 Å². The smallest absolute Gasteiger partial charge is 0.320 e. The Labute approximate surface area is 112 Å². The zero-order valence-electron chi connectivity index (χ0n) is 11.1. The standard InChI is InChI=1S/C14H19FN2O2/c1-2-19-14(18)11-16-7-9-17(10-8-16)13-6-4-3-5-12(13)15/h3-6H,2,7-11H2,1H3. The second kappa shape index (κ2) is 6.52. The Morgan fingerprint density at radius 1 is 1.26 bits per heavy atom. The van der Waals surface area contributed by atoms with Crippen molar-refractivity contribution in [2.75, 3.05) is 44.2 Å². The summed E-state index contributed by atoms with van der Waals surface area (Å²) in [4.78, 5) is 15.4. The second-order valence-electron chi connectivity index (χ2n) is 4.52. The van der Waals surface area contributed by atoms with Crippen LogP contribution >= 0.6 is 0 Å². The normalized spacial score (nSPS) is 16.4. The molecular formula is C14H19FN2O2. The number of nitrogens with zero attached hydrogens (tertiary/aromatic N) is 2. The number of anilines is 1. The van der Waals surface area contributed by atoms with E-state index in [1.807, 2.05) is 15.9 Å². The first-order chi connectivity index (χ1) is 9.20. The third kappa shape index (κ3) is 3.67. The highest BCUT2D eigenvalue weighted by molar-refractivity contribution is 5.71. The van der Waals surface area contributed by atoms with Crippen molar-refractivity contribution < 1.29 is 13.9 Å². The number of benzene rings is 1. The summed E-state index contributed by atoms with van der Waals surface area (Å²) >= 11 is 0. The molecule has 19 heavy (non-hydrogen) atoms. The minimum absolute atomic E-state index is 0.193. The molecule has 0 saturated carbocycles. The number of carbonyl (C=O) groups is 1. The number of para-hydroxylation sites is 1. The summed E-state index contributed by atoms with van der Waals surface area (Å²) < 4.78 is 18.6. The van der Waals surface area contributed by atoms with E-state index < -0.39 is 0 Å². The highest BCUT2D eigenvalue weighted by atomic mass is 19.1. The van der Waals surface area contributed by atoms with Gasteiger partial charge in [-0.15, -0.1) is 0 Å². The second-order valence-corrected chi connectivity index (χ2v) is 4.52. The minimum Gasteiger partial charge on any atom is -0.465 e. The van der Waals surface area contributed by atoms with Gasteiger partial charge in [-0.1, -0.05) is 12.1 Å². The first-order valence-electron chi connectivity index (χ1n) is 6.58. The van der Waals surface area contributed by atoms with Crippen molar-refractivity contribution in [3.05, 3.63) is 30.1 Å². The van der Waals surface area contributed by atoms with E-state index in [-0.39, 0.29) is 11.8 Å². The Balaban J connectivity index is 1.86. The van der Waals surface area contributed by atoms with Crippen molar-refractivity contribution in [1.82, 2.24) is 4.90 Å². The molecule has 4 nitrogen and oxygen atoms in total. The van der Waals surface area contributed by atoms with Gasteiger partial charge >= 0.3 is 5.97 Å².